The van der Waals surface area contributed by atoms with Crippen LogP contribution in [0.2, 0.25) is 0 Å². The fourth-order valence-corrected chi connectivity index (χ4v) is 10.7. The standard InChI is InChI=1S/C55H68N4O14/c1-27(2)13-12-22-53(10)23-21-36-45(72-53)35(19-14-28(3)4)47-38(46(36)71-50(66)33-15-17-34(18-16-33)69-51-44(63)43(62)42(61)37(25-60)70-51)40-39-41(59-52(58-40)56-26-57-59)31(8)48(64)54(67,24-20-30(7)49(65)68-11)55(39,73-47)32(9)29(5)6/h13-18,20-21,23,26,29,31-32,37,41-44,51,60-63,67H,12,19,22,24-25H2,1-11H3,(H,56,57,58)/b30-20-/t31?,32?,37-,41?,42-,43+,44-,51-,53?,54?,55?/m1/s1. The van der Waals surface area contributed by atoms with Gasteiger partial charge in [0.15, 0.2) is 22.7 Å². The molecule has 3 aromatic rings. The molecular weight excluding hydrogens is 941 g/mol. The van der Waals surface area contributed by atoms with Crippen LogP contribution < -0.4 is 24.3 Å². The number of hydrogen-bond donors (Lipinski definition) is 6. The summed E-state index contributed by atoms with van der Waals surface area (Å²) >= 11 is 0. The van der Waals surface area contributed by atoms with Gasteiger partial charge >= 0.3 is 11.9 Å². The number of hydrogen-bond acceptors (Lipinski definition) is 17. The van der Waals surface area contributed by atoms with Gasteiger partial charge in [-0.25, -0.2) is 14.3 Å². The number of aromatic nitrogens is 3. The molecule has 5 aliphatic rings. The van der Waals surface area contributed by atoms with Crippen LogP contribution in [-0.2, 0) is 25.5 Å². The number of anilines is 1. The Balaban J connectivity index is 1.37. The number of ketones is 1. The van der Waals surface area contributed by atoms with Crippen LogP contribution in [0.3, 0.4) is 0 Å². The zero-order valence-corrected chi connectivity index (χ0v) is 43.3. The van der Waals surface area contributed by atoms with Crippen molar-refractivity contribution in [1.82, 2.24) is 14.8 Å². The number of esters is 2. The van der Waals surface area contributed by atoms with Gasteiger partial charge in [0.1, 0.15) is 53.6 Å². The van der Waals surface area contributed by atoms with Gasteiger partial charge in [0.05, 0.1) is 42.1 Å². The molecule has 4 aliphatic heterocycles. The Bertz CT molecular complexity index is 2820. The molecule has 5 heterocycles. The van der Waals surface area contributed by atoms with Crippen molar-refractivity contribution in [1.29, 1.82) is 0 Å². The molecule has 392 valence electrons. The third-order valence-corrected chi connectivity index (χ3v) is 15.0. The molecule has 1 aromatic heterocycles. The number of carbonyl (C=O) groups is 3. The minimum absolute atomic E-state index is 0.0576. The SMILES string of the molecule is COC(=O)/C(C)=C\CC1(O)C(=O)C(C)C2C3=C(Nc4ncnn42)c2c(OC(=O)c4ccc(O[C@@H]5O[C@H](CO)[C@@H](O)[C@H](O)[C@H]5O)cc4)c4c(c(CC=C(C)C)c2OC31C(C)C(C)C)OC(C)(CCC=C(C)C)C=C4. The molecule has 0 amide bonds. The molecule has 73 heavy (non-hydrogen) atoms. The maximum absolute atomic E-state index is 15.4. The van der Waals surface area contributed by atoms with Gasteiger partial charge in [-0.1, -0.05) is 57.1 Å². The molecule has 8 rings (SSSR count). The minimum Gasteiger partial charge on any atom is -0.482 e. The first-order valence-electron chi connectivity index (χ1n) is 24.8. The number of nitrogens with zero attached hydrogens (tertiary/aromatic N) is 3. The van der Waals surface area contributed by atoms with Crippen LogP contribution in [0, 0.1) is 17.8 Å². The molecule has 0 radical (unpaired) electrons. The Morgan fingerprint density at radius 3 is 2.30 bits per heavy atom. The van der Waals surface area contributed by atoms with Crippen molar-refractivity contribution in [2.75, 3.05) is 19.0 Å². The van der Waals surface area contributed by atoms with Crippen molar-refractivity contribution < 1.29 is 68.3 Å². The molecule has 18 heteroatoms. The molecule has 1 saturated carbocycles. The van der Waals surface area contributed by atoms with Crippen LogP contribution in [0.1, 0.15) is 122 Å². The van der Waals surface area contributed by atoms with Crippen molar-refractivity contribution in [3.05, 3.63) is 99.4 Å². The average Bonchev–Trinajstić information content (AvgIpc) is 3.83. The summed E-state index contributed by atoms with van der Waals surface area (Å²) in [5, 5.41) is 62.8. The Hall–Kier alpha value is -6.15. The zero-order valence-electron chi connectivity index (χ0n) is 43.3. The van der Waals surface area contributed by atoms with E-state index in [1.165, 1.54) is 43.8 Å². The highest BCUT2D eigenvalue weighted by Crippen LogP contribution is 2.65. The number of methoxy groups -OCH3 is 1. The molecule has 0 bridgehead atoms. The molecule has 1 saturated heterocycles. The molecule has 0 spiro atoms. The van der Waals surface area contributed by atoms with Crippen molar-refractivity contribution in [2.45, 2.75) is 148 Å². The Morgan fingerprint density at radius 2 is 1.66 bits per heavy atom. The molecule has 6 N–H and O–H groups in total. The number of nitrogens with one attached hydrogen (secondary N) is 1. The van der Waals surface area contributed by atoms with E-state index < -0.39 is 89.7 Å². The number of rotatable bonds is 15. The molecule has 1 aliphatic carbocycles. The van der Waals surface area contributed by atoms with E-state index in [1.54, 1.807) is 18.5 Å². The number of benzene rings is 2. The van der Waals surface area contributed by atoms with Crippen molar-refractivity contribution in [3.8, 4) is 23.0 Å². The normalized spacial score (nSPS) is 29.3. The second-order valence-electron chi connectivity index (χ2n) is 20.9. The van der Waals surface area contributed by atoms with Gasteiger partial charge < -0.3 is 59.3 Å². The maximum Gasteiger partial charge on any atom is 0.343 e. The summed E-state index contributed by atoms with van der Waals surface area (Å²) in [6.07, 6.45) is 4.55. The topological polar surface area (TPSA) is 250 Å². The lowest BCUT2D eigenvalue weighted by Gasteiger charge is -2.60. The van der Waals surface area contributed by atoms with E-state index in [-0.39, 0.29) is 47.1 Å². The molecule has 11 atom stereocenters. The first-order valence-corrected chi connectivity index (χ1v) is 24.8. The number of fused-ring (bicyclic) bond motifs is 5. The average molecular weight is 1010 g/mol. The second kappa shape index (κ2) is 20.3. The smallest absolute Gasteiger partial charge is 0.343 e. The van der Waals surface area contributed by atoms with Gasteiger partial charge in [0, 0.05) is 35.0 Å². The van der Waals surface area contributed by atoms with Gasteiger partial charge in [-0.3, -0.25) is 4.79 Å². The van der Waals surface area contributed by atoms with Crippen LogP contribution in [0.15, 0.2) is 77.2 Å². The Kier molecular flexibility index (Phi) is 14.8. The van der Waals surface area contributed by atoms with Crippen LogP contribution in [-0.4, -0.2) is 119 Å². The predicted molar refractivity (Wildman–Crippen MR) is 269 cm³/mol. The van der Waals surface area contributed by atoms with Gasteiger partial charge in [-0.05, 0) is 103 Å². The van der Waals surface area contributed by atoms with Crippen molar-refractivity contribution in [3.63, 3.8) is 0 Å². The number of carbonyl (C=O) groups excluding carboxylic acids is 3. The lowest BCUT2D eigenvalue weighted by Crippen LogP contribution is -2.74. The van der Waals surface area contributed by atoms with E-state index in [4.69, 9.17) is 28.4 Å². The fraction of sp³-hybridized carbons (Fsp3) is 0.509. The van der Waals surface area contributed by atoms with E-state index >= 15 is 4.79 Å². The number of ether oxygens (including phenoxy) is 6. The first kappa shape index (κ1) is 53.2. The van der Waals surface area contributed by atoms with E-state index in [1.807, 2.05) is 73.6 Å². The summed E-state index contributed by atoms with van der Waals surface area (Å²) in [5.41, 5.74) is -0.449. The Labute approximate surface area is 425 Å². The highest BCUT2D eigenvalue weighted by Gasteiger charge is 2.72. The summed E-state index contributed by atoms with van der Waals surface area (Å²) in [5.74, 6) is -2.68. The summed E-state index contributed by atoms with van der Waals surface area (Å²) in [6.45, 7) is 18.5. The van der Waals surface area contributed by atoms with Gasteiger partial charge in [-0.15, -0.1) is 0 Å². The zero-order chi connectivity index (χ0) is 53.1. The van der Waals surface area contributed by atoms with Gasteiger partial charge in [0.25, 0.3) is 0 Å². The molecule has 18 nitrogen and oxygen atoms in total. The molecule has 2 aromatic carbocycles. The quantitative estimate of drug-likeness (QED) is 0.0420. The summed E-state index contributed by atoms with van der Waals surface area (Å²) in [7, 11) is 1.26. The maximum atomic E-state index is 15.4. The lowest BCUT2D eigenvalue weighted by molar-refractivity contribution is -0.277. The third kappa shape index (κ3) is 9.20. The lowest BCUT2D eigenvalue weighted by atomic mass is 9.53. The van der Waals surface area contributed by atoms with Crippen molar-refractivity contribution >= 4 is 35.4 Å². The largest absolute Gasteiger partial charge is 0.482 e. The first-order chi connectivity index (χ1) is 34.5. The monoisotopic (exact) mass is 1010 g/mol. The highest BCUT2D eigenvalue weighted by atomic mass is 16.7. The van der Waals surface area contributed by atoms with E-state index in [0.717, 1.165) is 11.1 Å². The number of allylic oxidation sites excluding steroid dienone is 4. The number of aliphatic hydroxyl groups excluding tert-OH is 4. The number of aliphatic hydroxyl groups is 5. The second-order valence-corrected chi connectivity index (χ2v) is 20.9. The minimum atomic E-state index is -2.32. The number of Topliss-reactive ketones (excluding diaryl/α,β-unsaturated/α-hetero) is 1. The van der Waals surface area contributed by atoms with Crippen LogP contribution >= 0.6 is 0 Å². The molecule has 2 fully saturated rings. The van der Waals surface area contributed by atoms with Crippen LogP contribution in [0.5, 0.6) is 23.0 Å². The molecular formula is C55H68N4O14. The fourth-order valence-electron chi connectivity index (χ4n) is 10.7. The predicted octanol–water partition coefficient (Wildman–Crippen LogP) is 6.36. The van der Waals surface area contributed by atoms with E-state index in [2.05, 4.69) is 21.5 Å². The third-order valence-electron chi connectivity index (χ3n) is 15.0. The van der Waals surface area contributed by atoms with Crippen LogP contribution in [0.4, 0.5) is 5.95 Å². The highest BCUT2D eigenvalue weighted by molar-refractivity contribution is 6.02. The van der Waals surface area contributed by atoms with Crippen molar-refractivity contribution in [2.24, 2.45) is 17.8 Å². The summed E-state index contributed by atoms with van der Waals surface area (Å²) in [6, 6.07) is 4.92. The summed E-state index contributed by atoms with van der Waals surface area (Å²) < 4.78 is 39.5. The van der Waals surface area contributed by atoms with Gasteiger partial charge in [-0.2, -0.15) is 10.1 Å². The van der Waals surface area contributed by atoms with Gasteiger partial charge in [0.2, 0.25) is 12.2 Å². The van der Waals surface area contributed by atoms with Crippen LogP contribution in [0.25, 0.3) is 11.8 Å². The summed E-state index contributed by atoms with van der Waals surface area (Å²) in [4.78, 5) is 47.7. The Morgan fingerprint density at radius 1 is 0.959 bits per heavy atom. The van der Waals surface area contributed by atoms with E-state index in [9.17, 15) is 35.1 Å². The molecule has 6 unspecified atom stereocenters. The van der Waals surface area contributed by atoms with E-state index in [0.29, 0.717) is 52.5 Å².